The molecule has 0 aromatic heterocycles. The fourth-order valence-electron chi connectivity index (χ4n) is 1.85. The van der Waals surface area contributed by atoms with Crippen LogP contribution in [-0.2, 0) is 9.53 Å². The van der Waals surface area contributed by atoms with Gasteiger partial charge in [-0.15, -0.1) is 0 Å². The third-order valence-electron chi connectivity index (χ3n) is 2.91. The molecule has 0 aliphatic carbocycles. The summed E-state index contributed by atoms with van der Waals surface area (Å²) in [7, 11) is 1.65. The average Bonchev–Trinajstić information content (AvgIpc) is 2.43. The molecule has 1 rings (SSSR count). The first-order chi connectivity index (χ1) is 11.1. The van der Waals surface area contributed by atoms with Crippen LogP contribution >= 0.6 is 11.6 Å². The van der Waals surface area contributed by atoms with E-state index < -0.39 is 11.7 Å². The van der Waals surface area contributed by atoms with Crippen molar-refractivity contribution >= 4 is 23.6 Å². The van der Waals surface area contributed by atoms with Gasteiger partial charge in [0.05, 0.1) is 0 Å². The predicted molar refractivity (Wildman–Crippen MR) is 93.4 cm³/mol. The van der Waals surface area contributed by atoms with Crippen LogP contribution in [0, 0.1) is 0 Å². The number of halogens is 1. The summed E-state index contributed by atoms with van der Waals surface area (Å²) in [6.07, 6.45) is -0.506. The highest BCUT2D eigenvalue weighted by molar-refractivity contribution is 6.30. The second kappa shape index (κ2) is 8.78. The van der Waals surface area contributed by atoms with E-state index in [9.17, 15) is 9.59 Å². The van der Waals surface area contributed by atoms with Crippen LogP contribution in [-0.4, -0.2) is 48.7 Å². The molecule has 1 atom stereocenters. The molecule has 0 aliphatic heterocycles. The Kier molecular flexibility index (Phi) is 7.35. The molecule has 0 spiro atoms. The number of carbonyl (C=O) groups excluding carboxylic acids is 2. The smallest absolute Gasteiger partial charge is 0.407 e. The Hall–Kier alpha value is -1.95. The number of rotatable bonds is 6. The number of amides is 2. The van der Waals surface area contributed by atoms with Gasteiger partial charge in [0, 0.05) is 24.7 Å². The maximum absolute atomic E-state index is 12.1. The van der Waals surface area contributed by atoms with Gasteiger partial charge in [-0.25, -0.2) is 4.79 Å². The molecule has 6 nitrogen and oxygen atoms in total. The fourth-order valence-corrected chi connectivity index (χ4v) is 1.98. The monoisotopic (exact) mass is 356 g/mol. The van der Waals surface area contributed by atoms with E-state index in [1.165, 1.54) is 4.90 Å². The highest BCUT2D eigenvalue weighted by Crippen LogP contribution is 2.15. The van der Waals surface area contributed by atoms with E-state index >= 15 is 0 Å². The van der Waals surface area contributed by atoms with Gasteiger partial charge in [0.15, 0.2) is 6.61 Å². The molecule has 0 bridgehead atoms. The SMILES string of the molecule is C[C@@H](CN(C)C(=O)COc1ccc(Cl)cc1)NC(=O)OC(C)(C)C. The molecule has 134 valence electrons. The van der Waals surface area contributed by atoms with Crippen LogP contribution in [0.5, 0.6) is 5.75 Å². The molecule has 0 saturated carbocycles. The van der Waals surface area contributed by atoms with E-state index in [2.05, 4.69) is 5.32 Å². The molecular formula is C17H25ClN2O4. The zero-order chi connectivity index (χ0) is 18.3. The minimum Gasteiger partial charge on any atom is -0.484 e. The van der Waals surface area contributed by atoms with Crippen LogP contribution in [0.15, 0.2) is 24.3 Å². The second-order valence-corrected chi connectivity index (χ2v) is 7.00. The van der Waals surface area contributed by atoms with Gasteiger partial charge in [0.1, 0.15) is 11.4 Å². The first-order valence-corrected chi connectivity index (χ1v) is 8.06. The van der Waals surface area contributed by atoms with E-state index in [4.69, 9.17) is 21.1 Å². The molecule has 0 aliphatic rings. The number of alkyl carbamates (subject to hydrolysis) is 1. The van der Waals surface area contributed by atoms with E-state index in [0.29, 0.717) is 17.3 Å². The Balaban J connectivity index is 2.37. The lowest BCUT2D eigenvalue weighted by Gasteiger charge is -2.25. The number of nitrogens with zero attached hydrogens (tertiary/aromatic N) is 1. The maximum Gasteiger partial charge on any atom is 0.407 e. The van der Waals surface area contributed by atoms with E-state index in [-0.39, 0.29) is 18.6 Å². The van der Waals surface area contributed by atoms with E-state index in [0.717, 1.165) is 0 Å². The molecule has 0 fully saturated rings. The quantitative estimate of drug-likeness (QED) is 0.850. The van der Waals surface area contributed by atoms with E-state index in [1.54, 1.807) is 59.0 Å². The van der Waals surface area contributed by atoms with Crippen molar-refractivity contribution in [2.75, 3.05) is 20.2 Å². The lowest BCUT2D eigenvalue weighted by molar-refractivity contribution is -0.132. The lowest BCUT2D eigenvalue weighted by atomic mass is 10.2. The van der Waals surface area contributed by atoms with Gasteiger partial charge in [-0.05, 0) is 52.0 Å². The maximum atomic E-state index is 12.1. The van der Waals surface area contributed by atoms with Crippen LogP contribution in [0.4, 0.5) is 4.79 Å². The normalized spacial score (nSPS) is 12.2. The minimum atomic E-state index is -0.558. The van der Waals surface area contributed by atoms with Crippen molar-refractivity contribution in [3.8, 4) is 5.75 Å². The molecule has 1 aromatic carbocycles. The number of hydrogen-bond acceptors (Lipinski definition) is 4. The fraction of sp³-hybridized carbons (Fsp3) is 0.529. The van der Waals surface area contributed by atoms with Crippen molar-refractivity contribution in [3.05, 3.63) is 29.3 Å². The third kappa shape index (κ3) is 8.06. The average molecular weight is 357 g/mol. The number of carbonyl (C=O) groups is 2. The summed E-state index contributed by atoms with van der Waals surface area (Å²) in [5, 5.41) is 3.30. The van der Waals surface area contributed by atoms with Gasteiger partial charge < -0.3 is 19.7 Å². The Labute approximate surface area is 148 Å². The highest BCUT2D eigenvalue weighted by atomic mass is 35.5. The molecule has 7 heteroatoms. The molecule has 0 heterocycles. The molecule has 2 amide bonds. The van der Waals surface area contributed by atoms with Crippen LogP contribution in [0.2, 0.25) is 5.02 Å². The highest BCUT2D eigenvalue weighted by Gasteiger charge is 2.19. The Morgan fingerprint density at radius 1 is 1.25 bits per heavy atom. The number of ether oxygens (including phenoxy) is 2. The zero-order valence-corrected chi connectivity index (χ0v) is 15.5. The van der Waals surface area contributed by atoms with Crippen LogP contribution in [0.3, 0.4) is 0 Å². The summed E-state index contributed by atoms with van der Waals surface area (Å²) in [6, 6.07) is 6.53. The van der Waals surface area contributed by atoms with Gasteiger partial charge >= 0.3 is 6.09 Å². The number of likely N-dealkylation sites (N-methyl/N-ethyl adjacent to an activating group) is 1. The summed E-state index contributed by atoms with van der Waals surface area (Å²) in [5.41, 5.74) is -0.558. The summed E-state index contributed by atoms with van der Waals surface area (Å²) < 4.78 is 10.6. The Bertz CT molecular complexity index is 555. The van der Waals surface area contributed by atoms with Crippen LogP contribution in [0.25, 0.3) is 0 Å². The largest absolute Gasteiger partial charge is 0.484 e. The van der Waals surface area contributed by atoms with Crippen molar-refractivity contribution in [1.29, 1.82) is 0 Å². The van der Waals surface area contributed by atoms with Crippen molar-refractivity contribution in [2.45, 2.75) is 39.3 Å². The van der Waals surface area contributed by atoms with Crippen molar-refractivity contribution in [2.24, 2.45) is 0 Å². The van der Waals surface area contributed by atoms with Gasteiger partial charge in [-0.2, -0.15) is 0 Å². The molecular weight excluding hydrogens is 332 g/mol. The topological polar surface area (TPSA) is 67.9 Å². The molecule has 0 unspecified atom stereocenters. The van der Waals surface area contributed by atoms with Crippen molar-refractivity contribution in [1.82, 2.24) is 10.2 Å². The van der Waals surface area contributed by atoms with Gasteiger partial charge in [0.25, 0.3) is 5.91 Å². The number of nitrogens with one attached hydrogen (secondary N) is 1. The number of hydrogen-bond donors (Lipinski definition) is 1. The summed E-state index contributed by atoms with van der Waals surface area (Å²) >= 11 is 5.79. The first-order valence-electron chi connectivity index (χ1n) is 7.68. The van der Waals surface area contributed by atoms with Crippen LogP contribution < -0.4 is 10.1 Å². The Morgan fingerprint density at radius 2 is 1.83 bits per heavy atom. The summed E-state index contributed by atoms with van der Waals surface area (Å²) in [6.45, 7) is 7.44. The molecule has 1 aromatic rings. The summed E-state index contributed by atoms with van der Waals surface area (Å²) in [5.74, 6) is 0.379. The zero-order valence-electron chi connectivity index (χ0n) is 14.8. The molecule has 0 saturated heterocycles. The minimum absolute atomic E-state index is 0.0860. The standard InChI is InChI=1S/C17H25ClN2O4/c1-12(19-16(22)24-17(2,3)4)10-20(5)15(21)11-23-14-8-6-13(18)7-9-14/h6-9,12H,10-11H2,1-5H3,(H,19,22)/t12-/m0/s1. The van der Waals surface area contributed by atoms with Crippen molar-refractivity contribution < 1.29 is 19.1 Å². The third-order valence-corrected chi connectivity index (χ3v) is 3.16. The lowest BCUT2D eigenvalue weighted by Crippen LogP contribution is -2.45. The molecule has 24 heavy (non-hydrogen) atoms. The van der Waals surface area contributed by atoms with E-state index in [1.807, 2.05) is 0 Å². The van der Waals surface area contributed by atoms with Crippen LogP contribution in [0.1, 0.15) is 27.7 Å². The molecule has 1 N–H and O–H groups in total. The molecule has 0 radical (unpaired) electrons. The first kappa shape index (κ1) is 20.1. The van der Waals surface area contributed by atoms with Crippen molar-refractivity contribution in [3.63, 3.8) is 0 Å². The van der Waals surface area contributed by atoms with Gasteiger partial charge in [-0.1, -0.05) is 11.6 Å². The van der Waals surface area contributed by atoms with Gasteiger partial charge in [0.2, 0.25) is 0 Å². The summed E-state index contributed by atoms with van der Waals surface area (Å²) in [4.78, 5) is 25.2. The second-order valence-electron chi connectivity index (χ2n) is 6.56. The predicted octanol–water partition coefficient (Wildman–Crippen LogP) is 3.09. The Morgan fingerprint density at radius 3 is 2.38 bits per heavy atom. The number of benzene rings is 1. The van der Waals surface area contributed by atoms with Gasteiger partial charge in [-0.3, -0.25) is 4.79 Å².